The molecule has 0 saturated heterocycles. The van der Waals surface area contributed by atoms with Gasteiger partial charge < -0.3 is 0 Å². The van der Waals surface area contributed by atoms with Gasteiger partial charge in [-0.25, -0.2) is 0 Å². The lowest BCUT2D eigenvalue weighted by molar-refractivity contribution is 0.922. The molecule has 0 aliphatic heterocycles. The zero-order chi connectivity index (χ0) is 8.95. The van der Waals surface area contributed by atoms with Gasteiger partial charge in [0.05, 0.1) is 0 Å². The van der Waals surface area contributed by atoms with Gasteiger partial charge in [0.1, 0.15) is 0 Å². The van der Waals surface area contributed by atoms with Crippen LogP contribution in [0, 0.1) is 12.3 Å². The maximum atomic E-state index is 7.66. The number of azide groups is 1. The molecule has 0 aromatic carbocycles. The molecule has 0 rings (SSSR count). The van der Waals surface area contributed by atoms with E-state index in [0.29, 0.717) is 6.54 Å². The second kappa shape index (κ2) is 15.9. The summed E-state index contributed by atoms with van der Waals surface area (Å²) >= 11 is 0. The van der Waals surface area contributed by atoms with Crippen LogP contribution in [0.5, 0.6) is 0 Å². The van der Waals surface area contributed by atoms with Crippen molar-refractivity contribution in [1.29, 1.82) is 0 Å². The first-order valence-corrected chi connectivity index (χ1v) is 3.77. The molecule has 0 radical (unpaired) electrons. The summed E-state index contributed by atoms with van der Waals surface area (Å²) in [5.74, 6) is 2.52. The first-order valence-electron chi connectivity index (χ1n) is 3.77. The second-order valence-corrected chi connectivity index (χ2v) is 1.91. The van der Waals surface area contributed by atoms with Crippen molar-refractivity contribution in [3.8, 4) is 12.3 Å². The van der Waals surface area contributed by atoms with Gasteiger partial charge in [-0.15, -0.1) is 12.3 Å². The molecule has 0 heterocycles. The predicted octanol–water partition coefficient (Wildman–Crippen LogP) is 3.13. The van der Waals surface area contributed by atoms with Crippen molar-refractivity contribution in [3.05, 3.63) is 10.4 Å². The summed E-state index contributed by atoms with van der Waals surface area (Å²) in [5.41, 5.74) is 7.66. The standard InChI is InChI=1S/C5H8.C3H7N3/c1-3-5-4-2;1-2-3-5-6-4/h1H,4-5H2,2H3;2-3H2,1H3. The molecule has 0 N–H and O–H groups in total. The smallest absolute Gasteiger partial charge is 0.0255 e. The van der Waals surface area contributed by atoms with E-state index in [1.165, 1.54) is 0 Å². The van der Waals surface area contributed by atoms with Crippen molar-refractivity contribution < 1.29 is 0 Å². The third kappa shape index (κ3) is 28.0. The molecule has 0 fully saturated rings. The molecule has 0 atom stereocenters. The molecule has 3 heteroatoms. The van der Waals surface area contributed by atoms with Crippen molar-refractivity contribution in [2.75, 3.05) is 6.54 Å². The van der Waals surface area contributed by atoms with Gasteiger partial charge in [-0.2, -0.15) is 0 Å². The lowest BCUT2D eigenvalue weighted by Crippen LogP contribution is -1.65. The van der Waals surface area contributed by atoms with E-state index in [0.717, 1.165) is 19.3 Å². The van der Waals surface area contributed by atoms with E-state index in [4.69, 9.17) is 12.0 Å². The third-order valence-corrected chi connectivity index (χ3v) is 0.781. The first-order chi connectivity index (χ1) is 5.33. The number of terminal acetylenes is 1. The van der Waals surface area contributed by atoms with Gasteiger partial charge >= 0.3 is 0 Å². The van der Waals surface area contributed by atoms with E-state index in [9.17, 15) is 0 Å². The Kier molecular flexibility index (Phi) is 18.2. The van der Waals surface area contributed by atoms with Crippen LogP contribution in [0.15, 0.2) is 5.11 Å². The van der Waals surface area contributed by atoms with Crippen LogP contribution < -0.4 is 0 Å². The maximum absolute atomic E-state index is 7.66. The van der Waals surface area contributed by atoms with Crippen molar-refractivity contribution in [2.24, 2.45) is 5.11 Å². The average Bonchev–Trinajstić information content (AvgIpc) is 2.04. The second-order valence-electron chi connectivity index (χ2n) is 1.91. The Bertz CT molecular complexity index is 140. The normalized spacial score (nSPS) is 6.64. The minimum atomic E-state index is 0.622. The van der Waals surface area contributed by atoms with Gasteiger partial charge in [0.15, 0.2) is 0 Å². The van der Waals surface area contributed by atoms with Crippen LogP contribution in [0.25, 0.3) is 10.4 Å². The van der Waals surface area contributed by atoms with Gasteiger partial charge in [-0.1, -0.05) is 25.4 Å². The molecule has 0 bridgehead atoms. The molecule has 0 unspecified atom stereocenters. The summed E-state index contributed by atoms with van der Waals surface area (Å²) in [7, 11) is 0. The lowest BCUT2D eigenvalue weighted by Gasteiger charge is -1.71. The maximum Gasteiger partial charge on any atom is 0.0255 e. The average molecular weight is 153 g/mol. The van der Waals surface area contributed by atoms with E-state index in [-0.39, 0.29) is 0 Å². The molecular weight excluding hydrogens is 138 g/mol. The van der Waals surface area contributed by atoms with Crippen LogP contribution in [0.2, 0.25) is 0 Å². The van der Waals surface area contributed by atoms with E-state index < -0.39 is 0 Å². The van der Waals surface area contributed by atoms with Crippen LogP contribution in [-0.2, 0) is 0 Å². The molecule has 0 saturated carbocycles. The van der Waals surface area contributed by atoms with E-state index in [1.54, 1.807) is 0 Å². The Labute approximate surface area is 68.4 Å². The van der Waals surface area contributed by atoms with E-state index in [2.05, 4.69) is 22.9 Å². The monoisotopic (exact) mass is 153 g/mol. The zero-order valence-corrected chi connectivity index (χ0v) is 7.25. The minimum absolute atomic E-state index is 0.622. The Morgan fingerprint density at radius 2 is 2.09 bits per heavy atom. The van der Waals surface area contributed by atoms with E-state index >= 15 is 0 Å². The summed E-state index contributed by atoms with van der Waals surface area (Å²) < 4.78 is 0. The highest BCUT2D eigenvalue weighted by Gasteiger charge is 1.65. The van der Waals surface area contributed by atoms with Gasteiger partial charge in [0.2, 0.25) is 0 Å². The first kappa shape index (κ1) is 12.5. The summed E-state index contributed by atoms with van der Waals surface area (Å²) in [5, 5.41) is 3.27. The molecule has 0 aliphatic carbocycles. The van der Waals surface area contributed by atoms with Crippen LogP contribution in [0.4, 0.5) is 0 Å². The Hall–Kier alpha value is -1.13. The summed E-state index contributed by atoms with van der Waals surface area (Å²) in [6.45, 7) is 4.66. The minimum Gasteiger partial charge on any atom is -0.120 e. The van der Waals surface area contributed by atoms with Crippen LogP contribution in [-0.4, -0.2) is 6.54 Å². The highest BCUT2D eigenvalue weighted by atomic mass is 15.1. The highest BCUT2D eigenvalue weighted by molar-refractivity contribution is 4.81. The predicted molar refractivity (Wildman–Crippen MR) is 48.0 cm³/mol. The quantitative estimate of drug-likeness (QED) is 0.259. The van der Waals surface area contributed by atoms with Gasteiger partial charge in [-0.3, -0.25) is 0 Å². The fourth-order valence-corrected chi connectivity index (χ4v) is 0.289. The fraction of sp³-hybridized carbons (Fsp3) is 0.750. The van der Waals surface area contributed by atoms with Crippen molar-refractivity contribution in [2.45, 2.75) is 33.1 Å². The van der Waals surface area contributed by atoms with Crippen molar-refractivity contribution >= 4 is 0 Å². The number of rotatable bonds is 3. The number of nitrogens with zero attached hydrogens (tertiary/aromatic N) is 3. The molecule has 0 aromatic heterocycles. The van der Waals surface area contributed by atoms with Crippen molar-refractivity contribution in [3.63, 3.8) is 0 Å². The topological polar surface area (TPSA) is 48.8 Å². The van der Waals surface area contributed by atoms with Gasteiger partial charge in [-0.05, 0) is 12.0 Å². The zero-order valence-electron chi connectivity index (χ0n) is 7.25. The number of hydrogen-bond donors (Lipinski definition) is 0. The van der Waals surface area contributed by atoms with Gasteiger partial charge in [0.25, 0.3) is 0 Å². The lowest BCUT2D eigenvalue weighted by atomic mass is 10.4. The summed E-state index contributed by atoms with van der Waals surface area (Å²) in [6, 6.07) is 0. The molecular formula is C8H15N3. The Morgan fingerprint density at radius 3 is 2.18 bits per heavy atom. The number of unbranched alkanes of at least 4 members (excludes halogenated alkanes) is 1. The SMILES string of the molecule is C#CCCC.CCCN=[N+]=[N-]. The van der Waals surface area contributed by atoms with Crippen LogP contribution >= 0.6 is 0 Å². The molecule has 3 nitrogen and oxygen atoms in total. The van der Waals surface area contributed by atoms with Crippen LogP contribution in [0.1, 0.15) is 33.1 Å². The largest absolute Gasteiger partial charge is 0.120 e. The van der Waals surface area contributed by atoms with Crippen molar-refractivity contribution in [1.82, 2.24) is 0 Å². The summed E-state index contributed by atoms with van der Waals surface area (Å²) in [6.07, 6.45) is 7.85. The molecule has 62 valence electrons. The third-order valence-electron chi connectivity index (χ3n) is 0.781. The molecule has 0 amide bonds. The number of hydrogen-bond acceptors (Lipinski definition) is 1. The fourth-order valence-electron chi connectivity index (χ4n) is 0.289. The molecule has 11 heavy (non-hydrogen) atoms. The molecule has 0 spiro atoms. The molecule has 0 aromatic rings. The molecule has 0 aliphatic rings. The summed E-state index contributed by atoms with van der Waals surface area (Å²) in [4.78, 5) is 2.55. The van der Waals surface area contributed by atoms with E-state index in [1.807, 2.05) is 6.92 Å². The van der Waals surface area contributed by atoms with Gasteiger partial charge in [0, 0.05) is 17.9 Å². The van der Waals surface area contributed by atoms with Crippen LogP contribution in [0.3, 0.4) is 0 Å². The Morgan fingerprint density at radius 1 is 1.45 bits per heavy atom. The highest BCUT2D eigenvalue weighted by Crippen LogP contribution is 1.77. The Balaban J connectivity index is 0.